The molecule has 0 bridgehead atoms. The van der Waals surface area contributed by atoms with Crippen molar-refractivity contribution in [2.24, 2.45) is 0 Å². The van der Waals surface area contributed by atoms with Gasteiger partial charge in [-0.25, -0.2) is 8.42 Å². The summed E-state index contributed by atoms with van der Waals surface area (Å²) in [4.78, 5) is 11.6. The molecule has 0 fully saturated rings. The number of rotatable bonds is 4. The van der Waals surface area contributed by atoms with Crippen LogP contribution in [0.3, 0.4) is 0 Å². The van der Waals surface area contributed by atoms with Crippen LogP contribution >= 0.6 is 0 Å². The van der Waals surface area contributed by atoms with Crippen molar-refractivity contribution < 1.29 is 22.5 Å². The number of ether oxygens (including phenoxy) is 1. The molecule has 2 rings (SSSR count). The Labute approximate surface area is 141 Å². The van der Waals surface area contributed by atoms with Crippen LogP contribution in [0, 0.1) is 20.8 Å². The SMILES string of the molecule is Cc1cc(S(=O)(=O)[O-])c(OC(=O)Cc2ccccc2)c(C)c1C.[NH4+]. The normalized spacial score (nSPS) is 10.8. The van der Waals surface area contributed by atoms with Gasteiger partial charge in [0.15, 0.2) is 5.75 Å². The Morgan fingerprint density at radius 1 is 1.08 bits per heavy atom. The van der Waals surface area contributed by atoms with Gasteiger partial charge in [-0.3, -0.25) is 4.79 Å². The van der Waals surface area contributed by atoms with Crippen molar-refractivity contribution in [3.8, 4) is 5.75 Å². The van der Waals surface area contributed by atoms with E-state index < -0.39 is 21.0 Å². The molecule has 0 amide bonds. The molecule has 0 aromatic heterocycles. The molecule has 7 heteroatoms. The Morgan fingerprint density at radius 2 is 1.67 bits per heavy atom. The maximum atomic E-state index is 12.1. The van der Waals surface area contributed by atoms with Gasteiger partial charge >= 0.3 is 5.97 Å². The second-order valence-electron chi connectivity index (χ2n) is 5.36. The van der Waals surface area contributed by atoms with Gasteiger partial charge in [-0.2, -0.15) is 0 Å². The lowest BCUT2D eigenvalue weighted by Gasteiger charge is -2.18. The van der Waals surface area contributed by atoms with E-state index in [0.29, 0.717) is 11.1 Å². The average molecular weight is 351 g/mol. The van der Waals surface area contributed by atoms with Crippen LogP contribution in [0.15, 0.2) is 41.3 Å². The Balaban J connectivity index is 0.00000288. The summed E-state index contributed by atoms with van der Waals surface area (Å²) in [6.07, 6.45) is -0.00838. The number of carbonyl (C=O) groups excluding carboxylic acids is 1. The summed E-state index contributed by atoms with van der Waals surface area (Å²) >= 11 is 0. The standard InChI is InChI=1S/C17H18O5S.H3N/c1-11-9-15(23(19,20)21)17(13(3)12(11)2)22-16(18)10-14-7-5-4-6-8-14;/h4-9H,10H2,1-3H3,(H,19,20,21);1H3. The first-order valence-corrected chi connectivity index (χ1v) is 8.42. The second-order valence-corrected chi connectivity index (χ2v) is 6.71. The van der Waals surface area contributed by atoms with Gasteiger partial charge in [-0.05, 0) is 49.1 Å². The predicted octanol–water partition coefficient (Wildman–Crippen LogP) is 3.04. The van der Waals surface area contributed by atoms with Gasteiger partial charge in [0.25, 0.3) is 0 Å². The fourth-order valence-corrected chi connectivity index (χ4v) is 2.99. The number of quaternary nitrogens is 1. The highest BCUT2D eigenvalue weighted by atomic mass is 32.2. The molecule has 0 unspecified atom stereocenters. The molecule has 0 saturated heterocycles. The molecule has 130 valence electrons. The zero-order chi connectivity index (χ0) is 17.2. The molecular weight excluding hydrogens is 330 g/mol. The minimum atomic E-state index is -4.74. The van der Waals surface area contributed by atoms with E-state index in [2.05, 4.69) is 0 Å². The molecule has 0 saturated carbocycles. The lowest BCUT2D eigenvalue weighted by molar-refractivity contribution is -0.133. The molecule has 0 aliphatic carbocycles. The first-order valence-electron chi connectivity index (χ1n) is 7.01. The zero-order valence-corrected chi connectivity index (χ0v) is 14.9. The van der Waals surface area contributed by atoms with Crippen molar-refractivity contribution in [3.63, 3.8) is 0 Å². The third kappa shape index (κ3) is 4.41. The van der Waals surface area contributed by atoms with Crippen molar-refractivity contribution in [2.45, 2.75) is 32.1 Å². The van der Waals surface area contributed by atoms with Crippen molar-refractivity contribution in [1.82, 2.24) is 6.15 Å². The van der Waals surface area contributed by atoms with Gasteiger partial charge in [-0.15, -0.1) is 0 Å². The second kappa shape index (κ2) is 7.57. The number of esters is 1. The van der Waals surface area contributed by atoms with Gasteiger partial charge in [0, 0.05) is 0 Å². The Bertz CT molecular complexity index is 845. The van der Waals surface area contributed by atoms with Crippen molar-refractivity contribution in [2.75, 3.05) is 0 Å². The maximum Gasteiger partial charge on any atom is 0.315 e. The van der Waals surface area contributed by atoms with Gasteiger partial charge in [0.2, 0.25) is 0 Å². The predicted molar refractivity (Wildman–Crippen MR) is 90.4 cm³/mol. The van der Waals surface area contributed by atoms with Crippen molar-refractivity contribution >= 4 is 16.1 Å². The molecule has 0 spiro atoms. The molecule has 24 heavy (non-hydrogen) atoms. The number of carbonyl (C=O) groups is 1. The van der Waals surface area contributed by atoms with Crippen LogP contribution in [-0.2, 0) is 21.3 Å². The van der Waals surface area contributed by atoms with Gasteiger partial charge in [0.05, 0.1) is 11.3 Å². The van der Waals surface area contributed by atoms with Crippen LogP contribution in [0.2, 0.25) is 0 Å². The van der Waals surface area contributed by atoms with E-state index in [0.717, 1.165) is 11.1 Å². The summed E-state index contributed by atoms with van der Waals surface area (Å²) in [5, 5.41) is 0. The monoisotopic (exact) mass is 351 g/mol. The third-order valence-corrected chi connectivity index (χ3v) is 4.58. The highest BCUT2D eigenvalue weighted by Crippen LogP contribution is 2.32. The van der Waals surface area contributed by atoms with E-state index in [9.17, 15) is 17.8 Å². The van der Waals surface area contributed by atoms with Crippen LogP contribution in [0.4, 0.5) is 0 Å². The molecule has 0 aliphatic rings. The van der Waals surface area contributed by atoms with E-state index in [1.807, 2.05) is 6.07 Å². The van der Waals surface area contributed by atoms with Gasteiger partial charge in [0.1, 0.15) is 10.1 Å². The fraction of sp³-hybridized carbons (Fsp3) is 0.235. The molecule has 0 aliphatic heterocycles. The Kier molecular flexibility index (Phi) is 6.25. The van der Waals surface area contributed by atoms with Gasteiger partial charge in [-0.1, -0.05) is 30.3 Å². The number of hydrogen-bond acceptors (Lipinski definition) is 5. The minimum Gasteiger partial charge on any atom is -0.744 e. The van der Waals surface area contributed by atoms with E-state index in [1.54, 1.807) is 45.0 Å². The summed E-state index contributed by atoms with van der Waals surface area (Å²) in [5.74, 6) is -0.795. The fourth-order valence-electron chi connectivity index (χ4n) is 2.25. The molecule has 6 nitrogen and oxygen atoms in total. The van der Waals surface area contributed by atoms with E-state index in [-0.39, 0.29) is 18.3 Å². The first-order chi connectivity index (χ1) is 10.7. The zero-order valence-electron chi connectivity index (χ0n) is 14.1. The minimum absolute atomic E-state index is 0. The van der Waals surface area contributed by atoms with Crippen LogP contribution in [-0.4, -0.2) is 18.9 Å². The largest absolute Gasteiger partial charge is 0.744 e. The topological polar surface area (TPSA) is 120 Å². The van der Waals surface area contributed by atoms with Crippen LogP contribution in [0.1, 0.15) is 22.3 Å². The summed E-state index contributed by atoms with van der Waals surface area (Å²) in [6, 6.07) is 10.2. The molecule has 0 radical (unpaired) electrons. The Morgan fingerprint density at radius 3 is 2.21 bits per heavy atom. The van der Waals surface area contributed by atoms with E-state index in [4.69, 9.17) is 4.74 Å². The number of hydrogen-bond donors (Lipinski definition) is 1. The highest BCUT2D eigenvalue weighted by Gasteiger charge is 2.19. The molecule has 2 aromatic rings. The molecule has 4 N–H and O–H groups in total. The van der Waals surface area contributed by atoms with Crippen molar-refractivity contribution in [1.29, 1.82) is 0 Å². The van der Waals surface area contributed by atoms with Crippen LogP contribution < -0.4 is 10.9 Å². The van der Waals surface area contributed by atoms with Gasteiger partial charge < -0.3 is 15.4 Å². The third-order valence-electron chi connectivity index (χ3n) is 3.74. The summed E-state index contributed by atoms with van der Waals surface area (Å²) in [5.41, 5.74) is 2.64. The van der Waals surface area contributed by atoms with Crippen LogP contribution in [0.5, 0.6) is 5.75 Å². The first kappa shape index (κ1) is 19.8. The lowest BCUT2D eigenvalue weighted by Crippen LogP contribution is -2.15. The number of aryl methyl sites for hydroxylation is 1. The average Bonchev–Trinajstić information content (AvgIpc) is 2.47. The molecule has 0 atom stereocenters. The summed E-state index contributed by atoms with van der Waals surface area (Å²) in [6.45, 7) is 5.11. The Hall–Kier alpha value is -2.22. The van der Waals surface area contributed by atoms with E-state index >= 15 is 0 Å². The van der Waals surface area contributed by atoms with Crippen molar-refractivity contribution in [3.05, 3.63) is 58.7 Å². The molecule has 2 aromatic carbocycles. The molecular formula is C17H21NO5S. The summed E-state index contributed by atoms with van der Waals surface area (Å²) < 4.78 is 39.6. The molecule has 0 heterocycles. The highest BCUT2D eigenvalue weighted by molar-refractivity contribution is 7.85. The number of benzene rings is 2. The van der Waals surface area contributed by atoms with E-state index in [1.165, 1.54) is 6.07 Å². The smallest absolute Gasteiger partial charge is 0.315 e. The van der Waals surface area contributed by atoms with Crippen LogP contribution in [0.25, 0.3) is 0 Å². The lowest BCUT2D eigenvalue weighted by atomic mass is 10.0. The maximum absolute atomic E-state index is 12.1. The summed E-state index contributed by atoms with van der Waals surface area (Å²) in [7, 11) is -4.74. The quantitative estimate of drug-likeness (QED) is 0.515.